The second-order valence-electron chi connectivity index (χ2n) is 5.66. The summed E-state index contributed by atoms with van der Waals surface area (Å²) in [7, 11) is 0. The minimum absolute atomic E-state index is 0.0768. The molecule has 0 aromatic heterocycles. The molecule has 2 aliphatic rings. The van der Waals surface area contributed by atoms with Gasteiger partial charge in [0.05, 0.1) is 11.3 Å². The monoisotopic (exact) mass is 293 g/mol. The van der Waals surface area contributed by atoms with Gasteiger partial charge in [-0.2, -0.15) is 0 Å². The number of cyclic esters (lactones) is 1. The van der Waals surface area contributed by atoms with Gasteiger partial charge >= 0.3 is 5.97 Å². The molecule has 1 N–H and O–H groups in total. The van der Waals surface area contributed by atoms with Gasteiger partial charge in [-0.15, -0.1) is 0 Å². The van der Waals surface area contributed by atoms with Gasteiger partial charge in [-0.05, 0) is 25.5 Å². The van der Waals surface area contributed by atoms with Gasteiger partial charge in [0, 0.05) is 18.4 Å². The first-order chi connectivity index (χ1) is 9.79. The Balaban J connectivity index is 2.15. The summed E-state index contributed by atoms with van der Waals surface area (Å²) in [6.07, 6.45) is -0.0768. The molecule has 0 fully saturated rings. The summed E-state index contributed by atoms with van der Waals surface area (Å²) in [6.45, 7) is 3.30. The fourth-order valence-corrected chi connectivity index (χ4v) is 2.83. The number of esters is 1. The van der Waals surface area contributed by atoms with Crippen LogP contribution in [-0.2, 0) is 14.3 Å². The lowest BCUT2D eigenvalue weighted by Crippen LogP contribution is -2.38. The quantitative estimate of drug-likeness (QED) is 0.807. The Kier molecular flexibility index (Phi) is 2.86. The van der Waals surface area contributed by atoms with E-state index in [1.165, 1.54) is 6.07 Å². The van der Waals surface area contributed by atoms with Crippen molar-refractivity contribution in [1.82, 2.24) is 5.32 Å². The maximum atomic E-state index is 14.0. The van der Waals surface area contributed by atoms with Crippen LogP contribution in [0.25, 0.3) is 0 Å². The van der Waals surface area contributed by atoms with Gasteiger partial charge in [-0.1, -0.05) is 6.07 Å². The molecule has 3 rings (SSSR count). The number of amides is 1. The minimum Gasteiger partial charge on any atom is -0.450 e. The van der Waals surface area contributed by atoms with Crippen LogP contribution >= 0.6 is 0 Å². The number of hydrogen-bond donors (Lipinski definition) is 1. The molecule has 1 aromatic rings. The second-order valence-corrected chi connectivity index (χ2v) is 5.66. The van der Waals surface area contributed by atoms with Gasteiger partial charge in [0.2, 0.25) is 5.91 Å². The Morgan fingerprint density at radius 2 is 2.00 bits per heavy atom. The standard InChI is InChI=1S/C15H13F2NO3/c1-15(2)13-12(14(20)21-15)9(6-11(19)18-13)8-4-3-7(16)5-10(8)17/h3-5,9H,6H2,1-2H3,(H,18,19)/t9-/m0/s1. The molecule has 0 radical (unpaired) electrons. The molecule has 4 nitrogen and oxygen atoms in total. The first-order valence-corrected chi connectivity index (χ1v) is 6.52. The highest BCUT2D eigenvalue weighted by atomic mass is 19.1. The third kappa shape index (κ3) is 2.11. The maximum Gasteiger partial charge on any atom is 0.337 e. The SMILES string of the molecule is CC1(C)OC(=O)C2=C1NC(=O)C[C@H]2c1ccc(F)cc1F. The molecule has 0 unspecified atom stereocenters. The molecule has 0 bridgehead atoms. The molecule has 21 heavy (non-hydrogen) atoms. The molecule has 0 saturated carbocycles. The van der Waals surface area contributed by atoms with E-state index in [2.05, 4.69) is 5.32 Å². The summed E-state index contributed by atoms with van der Waals surface area (Å²) in [5, 5.41) is 2.63. The molecular weight excluding hydrogens is 280 g/mol. The van der Waals surface area contributed by atoms with E-state index in [0.717, 1.165) is 12.1 Å². The van der Waals surface area contributed by atoms with Gasteiger partial charge in [-0.25, -0.2) is 13.6 Å². The van der Waals surface area contributed by atoms with E-state index < -0.39 is 29.1 Å². The van der Waals surface area contributed by atoms with Crippen LogP contribution in [0.1, 0.15) is 31.7 Å². The molecule has 0 aliphatic carbocycles. The predicted molar refractivity (Wildman–Crippen MR) is 69.1 cm³/mol. The number of rotatable bonds is 1. The molecule has 1 amide bonds. The van der Waals surface area contributed by atoms with Crippen molar-refractivity contribution in [3.05, 3.63) is 46.7 Å². The van der Waals surface area contributed by atoms with E-state index in [4.69, 9.17) is 4.74 Å². The number of hydrogen-bond acceptors (Lipinski definition) is 3. The van der Waals surface area contributed by atoms with E-state index in [0.29, 0.717) is 5.70 Å². The first-order valence-electron chi connectivity index (χ1n) is 6.52. The largest absolute Gasteiger partial charge is 0.450 e. The zero-order chi connectivity index (χ0) is 15.4. The topological polar surface area (TPSA) is 55.4 Å². The highest BCUT2D eigenvalue weighted by Crippen LogP contribution is 2.43. The summed E-state index contributed by atoms with van der Waals surface area (Å²) in [5.41, 5.74) is -0.243. The summed E-state index contributed by atoms with van der Waals surface area (Å²) < 4.78 is 32.3. The highest BCUT2D eigenvalue weighted by molar-refractivity contribution is 5.99. The fourth-order valence-electron chi connectivity index (χ4n) is 2.83. The molecule has 110 valence electrons. The Hall–Kier alpha value is -2.24. The number of benzene rings is 1. The van der Waals surface area contributed by atoms with Crippen LogP contribution in [0.5, 0.6) is 0 Å². The van der Waals surface area contributed by atoms with E-state index >= 15 is 0 Å². The Morgan fingerprint density at radius 3 is 2.67 bits per heavy atom. The fraction of sp³-hybridized carbons (Fsp3) is 0.333. The van der Waals surface area contributed by atoms with Gasteiger partial charge in [0.1, 0.15) is 17.2 Å². The smallest absolute Gasteiger partial charge is 0.337 e. The molecule has 6 heteroatoms. The van der Waals surface area contributed by atoms with Crippen molar-refractivity contribution < 1.29 is 23.1 Å². The van der Waals surface area contributed by atoms with E-state index in [-0.39, 0.29) is 23.5 Å². The third-order valence-corrected chi connectivity index (χ3v) is 3.78. The van der Waals surface area contributed by atoms with Crippen molar-refractivity contribution in [2.24, 2.45) is 0 Å². The lowest BCUT2D eigenvalue weighted by atomic mass is 9.82. The van der Waals surface area contributed by atoms with Crippen molar-refractivity contribution in [3.63, 3.8) is 0 Å². The van der Waals surface area contributed by atoms with Crippen molar-refractivity contribution in [3.8, 4) is 0 Å². The van der Waals surface area contributed by atoms with Crippen LogP contribution < -0.4 is 5.32 Å². The Bertz CT molecular complexity index is 694. The lowest BCUT2D eigenvalue weighted by molar-refractivity contribution is -0.144. The van der Waals surface area contributed by atoms with Gasteiger partial charge in [-0.3, -0.25) is 4.79 Å². The summed E-state index contributed by atoms with van der Waals surface area (Å²) >= 11 is 0. The van der Waals surface area contributed by atoms with Crippen LogP contribution in [0.2, 0.25) is 0 Å². The Morgan fingerprint density at radius 1 is 1.29 bits per heavy atom. The zero-order valence-electron chi connectivity index (χ0n) is 11.5. The number of nitrogens with one attached hydrogen (secondary N) is 1. The number of carbonyl (C=O) groups excluding carboxylic acids is 2. The van der Waals surface area contributed by atoms with Crippen molar-refractivity contribution in [1.29, 1.82) is 0 Å². The predicted octanol–water partition coefficient (Wildman–Crippen LogP) is 2.16. The molecule has 2 aliphatic heterocycles. The van der Waals surface area contributed by atoms with Gasteiger partial charge < -0.3 is 10.1 Å². The highest BCUT2D eigenvalue weighted by Gasteiger charge is 2.48. The van der Waals surface area contributed by atoms with Gasteiger partial charge in [0.25, 0.3) is 0 Å². The molecule has 2 heterocycles. The van der Waals surface area contributed by atoms with Crippen molar-refractivity contribution in [2.75, 3.05) is 0 Å². The van der Waals surface area contributed by atoms with E-state index in [1.807, 2.05) is 0 Å². The molecule has 1 aromatic carbocycles. The normalized spacial score (nSPS) is 23.7. The maximum absolute atomic E-state index is 14.0. The van der Waals surface area contributed by atoms with E-state index in [9.17, 15) is 18.4 Å². The summed E-state index contributed by atoms with van der Waals surface area (Å²) in [5.74, 6) is -3.15. The number of carbonyl (C=O) groups is 2. The molecule has 0 saturated heterocycles. The molecule has 0 spiro atoms. The minimum atomic E-state index is -0.961. The van der Waals surface area contributed by atoms with Crippen LogP contribution in [0.15, 0.2) is 29.5 Å². The summed E-state index contributed by atoms with van der Waals surface area (Å²) in [6, 6.07) is 3.11. The molecular formula is C15H13F2NO3. The Labute approximate surface area is 119 Å². The number of halogens is 2. The number of ether oxygens (including phenoxy) is 1. The second kappa shape index (κ2) is 4.38. The van der Waals surface area contributed by atoms with E-state index in [1.54, 1.807) is 13.8 Å². The van der Waals surface area contributed by atoms with Crippen LogP contribution in [0.4, 0.5) is 8.78 Å². The molecule has 1 atom stereocenters. The average Bonchev–Trinajstić information content (AvgIpc) is 2.59. The van der Waals surface area contributed by atoms with Crippen LogP contribution in [-0.4, -0.2) is 17.5 Å². The third-order valence-electron chi connectivity index (χ3n) is 3.78. The van der Waals surface area contributed by atoms with Crippen molar-refractivity contribution in [2.45, 2.75) is 31.8 Å². The summed E-state index contributed by atoms with van der Waals surface area (Å²) in [4.78, 5) is 23.9. The zero-order valence-corrected chi connectivity index (χ0v) is 11.5. The lowest BCUT2D eigenvalue weighted by Gasteiger charge is -2.27. The van der Waals surface area contributed by atoms with Crippen molar-refractivity contribution >= 4 is 11.9 Å². The average molecular weight is 293 g/mol. The van der Waals surface area contributed by atoms with Crippen LogP contribution in [0, 0.1) is 11.6 Å². The van der Waals surface area contributed by atoms with Crippen LogP contribution in [0.3, 0.4) is 0 Å². The first kappa shape index (κ1) is 13.7. The van der Waals surface area contributed by atoms with Gasteiger partial charge in [0.15, 0.2) is 0 Å².